The van der Waals surface area contributed by atoms with Crippen LogP contribution in [0.25, 0.3) is 0 Å². The lowest BCUT2D eigenvalue weighted by Crippen LogP contribution is -2.10. The fraction of sp³-hybridized carbons (Fsp3) is 0.571. The van der Waals surface area contributed by atoms with Crippen molar-refractivity contribution in [2.75, 3.05) is 17.2 Å². The van der Waals surface area contributed by atoms with Crippen LogP contribution in [0.1, 0.15) is 50.6 Å². The van der Waals surface area contributed by atoms with Crippen LogP contribution in [-0.4, -0.2) is 26.7 Å². The first-order chi connectivity index (χ1) is 10.1. The normalized spacial score (nSPS) is 10.9. The van der Waals surface area contributed by atoms with Crippen LogP contribution in [0.4, 0.5) is 11.6 Å². The van der Waals surface area contributed by atoms with Crippen LogP contribution in [0.2, 0.25) is 0 Å². The average molecular weight is 290 g/mol. The van der Waals surface area contributed by atoms with Crippen molar-refractivity contribution >= 4 is 11.6 Å². The fourth-order valence-corrected chi connectivity index (χ4v) is 1.74. The predicted molar refractivity (Wildman–Crippen MR) is 81.3 cm³/mol. The number of nitrogens with zero attached hydrogens (tertiary/aromatic N) is 4. The Balaban J connectivity index is 2.11. The molecule has 0 spiro atoms. The summed E-state index contributed by atoms with van der Waals surface area (Å²) in [7, 11) is 0. The molecule has 0 aliphatic carbocycles. The Morgan fingerprint density at radius 3 is 2.43 bits per heavy atom. The zero-order chi connectivity index (χ0) is 15.2. The summed E-state index contributed by atoms with van der Waals surface area (Å²) in [6, 6.07) is 1.90. The molecule has 2 aromatic heterocycles. The molecule has 0 amide bonds. The Bertz CT molecular complexity index is 581. The van der Waals surface area contributed by atoms with Gasteiger partial charge >= 0.3 is 0 Å². The molecule has 2 heterocycles. The summed E-state index contributed by atoms with van der Waals surface area (Å²) in [5.41, 5.74) is 0. The van der Waals surface area contributed by atoms with Crippen molar-refractivity contribution in [1.29, 1.82) is 0 Å². The molecule has 0 aliphatic rings. The fourth-order valence-electron chi connectivity index (χ4n) is 1.74. The first kappa shape index (κ1) is 15.2. The van der Waals surface area contributed by atoms with Crippen LogP contribution < -0.4 is 10.6 Å². The van der Waals surface area contributed by atoms with E-state index in [2.05, 4.69) is 51.5 Å². The lowest BCUT2D eigenvalue weighted by molar-refractivity contribution is 0.388. The highest BCUT2D eigenvalue weighted by atomic mass is 16.5. The number of aromatic nitrogens is 4. The standard InChI is InChI=1S/C14H22N6O/c1-5-6-15-11-7-12(19-14(18-11)9(2)3)16-8-13-17-10(4)21-20-13/h7,9H,5-6,8H2,1-4H3,(H2,15,16,18,19). The van der Waals surface area contributed by atoms with Crippen molar-refractivity contribution in [2.45, 2.75) is 46.6 Å². The summed E-state index contributed by atoms with van der Waals surface area (Å²) in [5.74, 6) is 3.84. The molecule has 0 aliphatic heterocycles. The van der Waals surface area contributed by atoms with E-state index in [0.29, 0.717) is 18.3 Å². The topological polar surface area (TPSA) is 88.8 Å². The van der Waals surface area contributed by atoms with E-state index in [4.69, 9.17) is 4.52 Å². The van der Waals surface area contributed by atoms with Gasteiger partial charge in [-0.2, -0.15) is 4.98 Å². The zero-order valence-corrected chi connectivity index (χ0v) is 13.0. The maximum absolute atomic E-state index is 4.95. The molecule has 0 saturated heterocycles. The molecule has 0 atom stereocenters. The lowest BCUT2D eigenvalue weighted by Gasteiger charge is -2.11. The number of hydrogen-bond donors (Lipinski definition) is 2. The summed E-state index contributed by atoms with van der Waals surface area (Å²) in [6.07, 6.45) is 1.05. The SMILES string of the molecule is CCCNc1cc(NCc2noc(C)n2)nc(C(C)C)n1. The minimum atomic E-state index is 0.265. The van der Waals surface area contributed by atoms with Crippen molar-refractivity contribution in [1.82, 2.24) is 20.1 Å². The summed E-state index contributed by atoms with van der Waals surface area (Å²) in [6.45, 7) is 9.40. The smallest absolute Gasteiger partial charge is 0.223 e. The molecular formula is C14H22N6O. The Morgan fingerprint density at radius 2 is 1.86 bits per heavy atom. The van der Waals surface area contributed by atoms with Gasteiger partial charge in [0.2, 0.25) is 5.89 Å². The van der Waals surface area contributed by atoms with Gasteiger partial charge in [-0.15, -0.1) is 0 Å². The summed E-state index contributed by atoms with van der Waals surface area (Å²) in [4.78, 5) is 13.2. The molecule has 0 bridgehead atoms. The molecule has 0 saturated carbocycles. The number of anilines is 2. The highest BCUT2D eigenvalue weighted by molar-refractivity contribution is 5.47. The van der Waals surface area contributed by atoms with Gasteiger partial charge in [0.05, 0.1) is 6.54 Å². The van der Waals surface area contributed by atoms with E-state index in [-0.39, 0.29) is 5.92 Å². The lowest BCUT2D eigenvalue weighted by atomic mass is 10.2. The van der Waals surface area contributed by atoms with E-state index in [0.717, 1.165) is 30.4 Å². The van der Waals surface area contributed by atoms with Crippen LogP contribution in [0.3, 0.4) is 0 Å². The third kappa shape index (κ3) is 4.40. The number of aryl methyl sites for hydroxylation is 1. The van der Waals surface area contributed by atoms with Gasteiger partial charge in [-0.25, -0.2) is 9.97 Å². The van der Waals surface area contributed by atoms with Crippen molar-refractivity contribution < 1.29 is 4.52 Å². The van der Waals surface area contributed by atoms with E-state index < -0.39 is 0 Å². The Hall–Kier alpha value is -2.18. The van der Waals surface area contributed by atoms with Crippen LogP contribution in [0, 0.1) is 6.92 Å². The van der Waals surface area contributed by atoms with Crippen LogP contribution in [0.5, 0.6) is 0 Å². The molecule has 0 unspecified atom stereocenters. The molecule has 2 rings (SSSR count). The Labute approximate surface area is 124 Å². The predicted octanol–water partition coefficient (Wildman–Crippen LogP) is 2.73. The highest BCUT2D eigenvalue weighted by Crippen LogP contribution is 2.17. The van der Waals surface area contributed by atoms with Crippen molar-refractivity contribution in [3.05, 3.63) is 23.6 Å². The first-order valence-electron chi connectivity index (χ1n) is 7.24. The third-order valence-corrected chi connectivity index (χ3v) is 2.81. The molecule has 0 fully saturated rings. The van der Waals surface area contributed by atoms with Gasteiger partial charge in [0.25, 0.3) is 0 Å². The minimum Gasteiger partial charge on any atom is -0.370 e. The Morgan fingerprint density at radius 1 is 1.14 bits per heavy atom. The third-order valence-electron chi connectivity index (χ3n) is 2.81. The molecule has 7 nitrogen and oxygen atoms in total. The average Bonchev–Trinajstić information content (AvgIpc) is 2.88. The van der Waals surface area contributed by atoms with E-state index in [1.165, 1.54) is 0 Å². The van der Waals surface area contributed by atoms with Gasteiger partial charge in [0.15, 0.2) is 5.82 Å². The van der Waals surface area contributed by atoms with Gasteiger partial charge < -0.3 is 15.2 Å². The largest absolute Gasteiger partial charge is 0.370 e. The second-order valence-corrected chi connectivity index (χ2v) is 5.16. The van der Waals surface area contributed by atoms with Gasteiger partial charge in [0.1, 0.15) is 17.5 Å². The monoisotopic (exact) mass is 290 g/mol. The maximum atomic E-state index is 4.95. The quantitative estimate of drug-likeness (QED) is 0.810. The first-order valence-corrected chi connectivity index (χ1v) is 7.24. The molecule has 2 N–H and O–H groups in total. The van der Waals surface area contributed by atoms with Gasteiger partial charge in [0, 0.05) is 25.5 Å². The van der Waals surface area contributed by atoms with Gasteiger partial charge in [-0.05, 0) is 6.42 Å². The molecule has 0 aromatic carbocycles. The van der Waals surface area contributed by atoms with E-state index in [9.17, 15) is 0 Å². The molecule has 2 aromatic rings. The molecule has 0 radical (unpaired) electrons. The number of rotatable bonds is 7. The van der Waals surface area contributed by atoms with Gasteiger partial charge in [-0.3, -0.25) is 0 Å². The summed E-state index contributed by atoms with van der Waals surface area (Å²) >= 11 is 0. The molecule has 21 heavy (non-hydrogen) atoms. The van der Waals surface area contributed by atoms with E-state index in [1.807, 2.05) is 6.07 Å². The van der Waals surface area contributed by atoms with Crippen molar-refractivity contribution in [2.24, 2.45) is 0 Å². The van der Waals surface area contributed by atoms with E-state index >= 15 is 0 Å². The summed E-state index contributed by atoms with van der Waals surface area (Å²) < 4.78 is 4.95. The molecule has 7 heteroatoms. The van der Waals surface area contributed by atoms with Crippen LogP contribution in [0.15, 0.2) is 10.6 Å². The second-order valence-electron chi connectivity index (χ2n) is 5.16. The number of hydrogen-bond acceptors (Lipinski definition) is 7. The second kappa shape index (κ2) is 7.01. The maximum Gasteiger partial charge on any atom is 0.223 e. The van der Waals surface area contributed by atoms with Crippen molar-refractivity contribution in [3.63, 3.8) is 0 Å². The summed E-state index contributed by atoms with van der Waals surface area (Å²) in [5, 5.41) is 10.4. The van der Waals surface area contributed by atoms with Crippen LogP contribution in [-0.2, 0) is 6.54 Å². The highest BCUT2D eigenvalue weighted by Gasteiger charge is 2.09. The molecule has 114 valence electrons. The van der Waals surface area contributed by atoms with Crippen LogP contribution >= 0.6 is 0 Å². The van der Waals surface area contributed by atoms with Gasteiger partial charge in [-0.1, -0.05) is 25.9 Å². The zero-order valence-electron chi connectivity index (χ0n) is 13.0. The molecular weight excluding hydrogens is 268 g/mol. The Kier molecular flexibility index (Phi) is 5.08. The number of nitrogens with one attached hydrogen (secondary N) is 2. The van der Waals surface area contributed by atoms with E-state index in [1.54, 1.807) is 6.92 Å². The minimum absolute atomic E-state index is 0.265. The van der Waals surface area contributed by atoms with Crippen molar-refractivity contribution in [3.8, 4) is 0 Å².